The molecule has 5 heteroatoms. The Morgan fingerprint density at radius 1 is 1.46 bits per heavy atom. The molecule has 3 heterocycles. The smallest absolute Gasteiger partial charge is 0.311 e. The second kappa shape index (κ2) is 6.89. The summed E-state index contributed by atoms with van der Waals surface area (Å²) < 4.78 is 4.96. The number of hydrogen-bond donors (Lipinski definition) is 2. The number of aliphatic hydroxyl groups excluding tert-OH is 1. The second-order valence-corrected chi connectivity index (χ2v) is 7.32. The van der Waals surface area contributed by atoms with Crippen LogP contribution >= 0.6 is 0 Å². The van der Waals surface area contributed by atoms with Crippen LogP contribution in [0.25, 0.3) is 10.9 Å². The molecule has 1 saturated heterocycles. The van der Waals surface area contributed by atoms with E-state index in [2.05, 4.69) is 40.2 Å². The van der Waals surface area contributed by atoms with Crippen LogP contribution in [0.4, 0.5) is 0 Å². The van der Waals surface area contributed by atoms with Crippen molar-refractivity contribution in [1.29, 1.82) is 0 Å². The lowest BCUT2D eigenvalue weighted by Crippen LogP contribution is -2.45. The molecule has 0 amide bonds. The third-order valence-corrected chi connectivity index (χ3v) is 6.17. The SMILES string of the molecule is C/C=C1/CN2CCc3c([nH]c4ccccc34)[C@H]2C[C@@H]1[C@@H](CO)C(=O)OC. The van der Waals surface area contributed by atoms with Crippen molar-refractivity contribution in [3.8, 4) is 0 Å². The van der Waals surface area contributed by atoms with Gasteiger partial charge < -0.3 is 14.8 Å². The van der Waals surface area contributed by atoms with Gasteiger partial charge >= 0.3 is 5.97 Å². The van der Waals surface area contributed by atoms with E-state index in [-0.39, 0.29) is 24.5 Å². The number of allylic oxidation sites excluding steroid dienone is 1. The molecule has 138 valence electrons. The zero-order valence-corrected chi connectivity index (χ0v) is 15.4. The molecule has 4 rings (SSSR count). The fourth-order valence-electron chi connectivity index (χ4n) is 4.81. The lowest BCUT2D eigenvalue weighted by Gasteiger charge is -2.45. The number of nitrogens with zero attached hydrogens (tertiary/aromatic N) is 1. The van der Waals surface area contributed by atoms with Gasteiger partial charge in [-0.25, -0.2) is 0 Å². The molecule has 26 heavy (non-hydrogen) atoms. The van der Waals surface area contributed by atoms with Crippen LogP contribution in [0.1, 0.15) is 30.6 Å². The molecule has 5 nitrogen and oxygen atoms in total. The summed E-state index contributed by atoms with van der Waals surface area (Å²) in [5, 5.41) is 11.2. The van der Waals surface area contributed by atoms with E-state index in [0.29, 0.717) is 0 Å². The molecular weight excluding hydrogens is 328 g/mol. The number of methoxy groups -OCH3 is 1. The zero-order chi connectivity index (χ0) is 18.3. The second-order valence-electron chi connectivity index (χ2n) is 7.32. The van der Waals surface area contributed by atoms with Crippen LogP contribution in [0.2, 0.25) is 0 Å². The van der Waals surface area contributed by atoms with Gasteiger partial charge in [-0.2, -0.15) is 0 Å². The van der Waals surface area contributed by atoms with Crippen molar-refractivity contribution in [3.63, 3.8) is 0 Å². The van der Waals surface area contributed by atoms with Crippen molar-refractivity contribution in [2.24, 2.45) is 11.8 Å². The number of hydrogen-bond acceptors (Lipinski definition) is 4. The molecule has 2 aromatic rings. The molecule has 0 spiro atoms. The number of ether oxygens (including phenoxy) is 1. The standard InChI is InChI=1S/C21H26N2O3/c1-3-13-11-23-9-8-15-14-6-4-5-7-18(14)22-20(15)19(23)10-16(13)17(12-24)21(25)26-2/h3-7,16-17,19,22,24H,8-12H2,1-2H3/b13-3-/t16-,17+,19+/m0/s1. The van der Waals surface area contributed by atoms with E-state index in [9.17, 15) is 9.90 Å². The number of aliphatic hydroxyl groups is 1. The first-order chi connectivity index (χ1) is 12.7. The Morgan fingerprint density at radius 2 is 2.27 bits per heavy atom. The minimum atomic E-state index is -0.497. The number of H-pyrrole nitrogens is 1. The Bertz CT molecular complexity index is 854. The van der Waals surface area contributed by atoms with Crippen molar-refractivity contribution >= 4 is 16.9 Å². The number of esters is 1. The van der Waals surface area contributed by atoms with E-state index in [1.807, 2.05) is 6.92 Å². The Kier molecular flexibility index (Phi) is 4.59. The first-order valence-corrected chi connectivity index (χ1v) is 9.35. The fourth-order valence-corrected chi connectivity index (χ4v) is 4.81. The van der Waals surface area contributed by atoms with Gasteiger partial charge in [0.1, 0.15) is 0 Å². The monoisotopic (exact) mass is 354 g/mol. The number of benzene rings is 1. The minimum absolute atomic E-state index is 0.0102. The summed E-state index contributed by atoms with van der Waals surface area (Å²) in [5.74, 6) is -0.808. The van der Waals surface area contributed by atoms with E-state index < -0.39 is 5.92 Å². The van der Waals surface area contributed by atoms with E-state index >= 15 is 0 Å². The van der Waals surface area contributed by atoms with Gasteiger partial charge in [-0.05, 0) is 37.3 Å². The molecule has 1 fully saturated rings. The lowest BCUT2D eigenvalue weighted by molar-refractivity contribution is -0.149. The van der Waals surface area contributed by atoms with Crippen LogP contribution < -0.4 is 0 Å². The molecule has 1 aromatic heterocycles. The van der Waals surface area contributed by atoms with E-state index in [0.717, 1.165) is 25.9 Å². The first-order valence-electron chi connectivity index (χ1n) is 9.35. The Labute approximate surface area is 153 Å². The van der Waals surface area contributed by atoms with Crippen LogP contribution in [0.15, 0.2) is 35.9 Å². The van der Waals surface area contributed by atoms with Gasteiger partial charge in [-0.15, -0.1) is 0 Å². The van der Waals surface area contributed by atoms with Crippen molar-refractivity contribution in [1.82, 2.24) is 9.88 Å². The van der Waals surface area contributed by atoms with Crippen LogP contribution in [-0.2, 0) is 16.0 Å². The van der Waals surface area contributed by atoms with Crippen LogP contribution in [-0.4, -0.2) is 47.8 Å². The number of nitrogens with one attached hydrogen (secondary N) is 1. The average molecular weight is 354 g/mol. The third-order valence-electron chi connectivity index (χ3n) is 6.17. The number of rotatable bonds is 3. The maximum absolute atomic E-state index is 12.2. The molecule has 3 atom stereocenters. The van der Waals surface area contributed by atoms with Crippen LogP contribution in [0, 0.1) is 11.8 Å². The maximum Gasteiger partial charge on any atom is 0.311 e. The van der Waals surface area contributed by atoms with Crippen molar-refractivity contribution in [2.45, 2.75) is 25.8 Å². The maximum atomic E-state index is 12.2. The molecule has 1 aromatic carbocycles. The van der Waals surface area contributed by atoms with Gasteiger partial charge in [0.2, 0.25) is 0 Å². The van der Waals surface area contributed by atoms with Crippen LogP contribution in [0.3, 0.4) is 0 Å². The third kappa shape index (κ3) is 2.66. The highest BCUT2D eigenvalue weighted by Gasteiger charge is 2.42. The number of carbonyl (C=O) groups is 1. The Balaban J connectivity index is 1.73. The van der Waals surface area contributed by atoms with Crippen LogP contribution in [0.5, 0.6) is 0 Å². The molecule has 0 radical (unpaired) electrons. The molecule has 2 aliphatic rings. The number of para-hydroxylation sites is 1. The highest BCUT2D eigenvalue weighted by atomic mass is 16.5. The van der Waals surface area contributed by atoms with E-state index in [1.54, 1.807) is 0 Å². The Hall–Kier alpha value is -2.11. The molecule has 0 saturated carbocycles. The summed E-state index contributed by atoms with van der Waals surface area (Å²) in [6.45, 7) is 3.70. The summed E-state index contributed by atoms with van der Waals surface area (Å²) in [4.78, 5) is 18.3. The molecule has 0 unspecified atom stereocenters. The van der Waals surface area contributed by atoms with Gasteiger partial charge in [0.15, 0.2) is 0 Å². The zero-order valence-electron chi connectivity index (χ0n) is 15.4. The summed E-state index contributed by atoms with van der Waals surface area (Å²) in [6, 6.07) is 8.70. The number of fused-ring (bicyclic) bond motifs is 5. The van der Waals surface area contributed by atoms with Gasteiger partial charge in [0.25, 0.3) is 0 Å². The largest absolute Gasteiger partial charge is 0.469 e. The van der Waals surface area contributed by atoms with Gasteiger partial charge in [-0.3, -0.25) is 9.69 Å². The van der Waals surface area contributed by atoms with Crippen molar-refractivity contribution < 1.29 is 14.6 Å². The van der Waals surface area contributed by atoms with Crippen molar-refractivity contribution in [2.75, 3.05) is 26.8 Å². The lowest BCUT2D eigenvalue weighted by atomic mass is 9.75. The molecule has 2 aliphatic heterocycles. The van der Waals surface area contributed by atoms with Gasteiger partial charge in [0, 0.05) is 29.7 Å². The highest BCUT2D eigenvalue weighted by Crippen LogP contribution is 2.44. The van der Waals surface area contributed by atoms with Crippen molar-refractivity contribution in [3.05, 3.63) is 47.2 Å². The van der Waals surface area contributed by atoms with Gasteiger partial charge in [0.05, 0.1) is 25.7 Å². The topological polar surface area (TPSA) is 65.6 Å². The average Bonchev–Trinajstić information content (AvgIpc) is 3.07. The predicted octanol–water partition coefficient (Wildman–Crippen LogP) is 2.81. The highest BCUT2D eigenvalue weighted by molar-refractivity contribution is 5.85. The molecular formula is C21H26N2O3. The summed E-state index contributed by atoms with van der Waals surface area (Å²) in [5.41, 5.74) is 5.09. The quantitative estimate of drug-likeness (QED) is 0.657. The summed E-state index contributed by atoms with van der Waals surface area (Å²) in [6.07, 6.45) is 3.96. The minimum Gasteiger partial charge on any atom is -0.469 e. The number of carbonyl (C=O) groups excluding carboxylic acids is 1. The summed E-state index contributed by atoms with van der Waals surface area (Å²) in [7, 11) is 1.39. The predicted molar refractivity (Wildman–Crippen MR) is 101 cm³/mol. The molecule has 0 bridgehead atoms. The first kappa shape index (κ1) is 17.3. The summed E-state index contributed by atoms with van der Waals surface area (Å²) >= 11 is 0. The number of aromatic amines is 1. The molecule has 2 N–H and O–H groups in total. The Morgan fingerprint density at radius 3 is 3.00 bits per heavy atom. The van der Waals surface area contributed by atoms with E-state index in [4.69, 9.17) is 4.74 Å². The van der Waals surface area contributed by atoms with E-state index in [1.165, 1.54) is 34.8 Å². The number of piperidine rings is 1. The molecule has 0 aliphatic carbocycles. The number of aromatic nitrogens is 1. The fraction of sp³-hybridized carbons (Fsp3) is 0.476. The van der Waals surface area contributed by atoms with Gasteiger partial charge in [-0.1, -0.05) is 29.8 Å². The normalized spacial score (nSPS) is 25.7.